The first kappa shape index (κ1) is 18.6. The average molecular weight is 325 g/mol. The van der Waals surface area contributed by atoms with Gasteiger partial charge in [-0.25, -0.2) is 0 Å². The maximum Gasteiger partial charge on any atom is 0.0270 e. The van der Waals surface area contributed by atoms with Crippen molar-refractivity contribution in [3.63, 3.8) is 0 Å². The molecular formula is C22H32N2. The van der Waals surface area contributed by atoms with Crippen LogP contribution in [-0.2, 0) is 12.8 Å². The first-order valence-electron chi connectivity index (χ1n) is 9.73. The molecule has 0 spiro atoms. The first-order chi connectivity index (χ1) is 11.9. The number of aromatic nitrogens is 2. The summed E-state index contributed by atoms with van der Waals surface area (Å²) < 4.78 is 0. The van der Waals surface area contributed by atoms with Crippen LogP contribution in [0.25, 0.3) is 0 Å². The maximum atomic E-state index is 4.06. The van der Waals surface area contributed by atoms with Gasteiger partial charge in [0.1, 0.15) is 0 Å². The van der Waals surface area contributed by atoms with E-state index in [2.05, 4.69) is 34.2 Å². The van der Waals surface area contributed by atoms with Crippen LogP contribution in [0.15, 0.2) is 49.1 Å². The highest BCUT2D eigenvalue weighted by Gasteiger charge is 1.96. The van der Waals surface area contributed by atoms with Crippen LogP contribution in [0.4, 0.5) is 0 Å². The smallest absolute Gasteiger partial charge is 0.0270 e. The SMILES string of the molecule is c1cc(CCCCCCCCCCCCc2ccncc2)ccn1. The van der Waals surface area contributed by atoms with E-state index in [-0.39, 0.29) is 0 Å². The van der Waals surface area contributed by atoms with Crippen molar-refractivity contribution in [1.29, 1.82) is 0 Å². The molecule has 0 aromatic carbocycles. The Labute approximate surface area is 147 Å². The van der Waals surface area contributed by atoms with Gasteiger partial charge in [-0.1, -0.05) is 51.4 Å². The van der Waals surface area contributed by atoms with Crippen molar-refractivity contribution < 1.29 is 0 Å². The maximum absolute atomic E-state index is 4.06. The Kier molecular flexibility index (Phi) is 9.85. The summed E-state index contributed by atoms with van der Waals surface area (Å²) in [5.74, 6) is 0. The number of rotatable bonds is 13. The number of nitrogens with zero attached hydrogens (tertiary/aromatic N) is 2. The third-order valence-corrected chi connectivity index (χ3v) is 4.68. The van der Waals surface area contributed by atoms with Crippen LogP contribution >= 0.6 is 0 Å². The molecule has 0 saturated heterocycles. The summed E-state index contributed by atoms with van der Waals surface area (Å²) in [4.78, 5) is 8.13. The molecule has 130 valence electrons. The van der Waals surface area contributed by atoms with E-state index in [1.807, 2.05) is 24.8 Å². The molecule has 0 bridgehead atoms. The summed E-state index contributed by atoms with van der Waals surface area (Å²) >= 11 is 0. The standard InChI is InChI=1S/C22H32N2/c1(3-5-7-9-11-21-13-17-23-18-14-21)2-4-6-8-10-12-22-15-19-24-20-16-22/h13-20H,1-12H2. The lowest BCUT2D eigenvalue weighted by atomic mass is 10.0. The van der Waals surface area contributed by atoms with E-state index in [4.69, 9.17) is 0 Å². The van der Waals surface area contributed by atoms with E-state index in [1.165, 1.54) is 88.2 Å². The number of pyridine rings is 2. The van der Waals surface area contributed by atoms with E-state index in [0.29, 0.717) is 0 Å². The highest BCUT2D eigenvalue weighted by Crippen LogP contribution is 2.13. The summed E-state index contributed by atoms with van der Waals surface area (Å²) in [5, 5.41) is 0. The lowest BCUT2D eigenvalue weighted by molar-refractivity contribution is 0.551. The Morgan fingerprint density at radius 3 is 1.04 bits per heavy atom. The van der Waals surface area contributed by atoms with Gasteiger partial charge in [0.15, 0.2) is 0 Å². The summed E-state index contributed by atoms with van der Waals surface area (Å²) in [6.45, 7) is 0. The molecule has 0 atom stereocenters. The minimum absolute atomic E-state index is 1.21. The quantitative estimate of drug-likeness (QED) is 0.412. The molecule has 0 unspecified atom stereocenters. The molecule has 24 heavy (non-hydrogen) atoms. The predicted octanol–water partition coefficient (Wildman–Crippen LogP) is 6.16. The van der Waals surface area contributed by atoms with Crippen molar-refractivity contribution in [1.82, 2.24) is 9.97 Å². The number of hydrogen-bond acceptors (Lipinski definition) is 2. The molecule has 2 nitrogen and oxygen atoms in total. The Balaban J connectivity index is 1.32. The van der Waals surface area contributed by atoms with Crippen molar-refractivity contribution >= 4 is 0 Å². The van der Waals surface area contributed by atoms with Gasteiger partial charge in [-0.15, -0.1) is 0 Å². The molecule has 0 N–H and O–H groups in total. The van der Waals surface area contributed by atoms with E-state index < -0.39 is 0 Å². The first-order valence-corrected chi connectivity index (χ1v) is 9.73. The van der Waals surface area contributed by atoms with Gasteiger partial charge >= 0.3 is 0 Å². The van der Waals surface area contributed by atoms with E-state index >= 15 is 0 Å². The van der Waals surface area contributed by atoms with E-state index in [1.54, 1.807) is 0 Å². The van der Waals surface area contributed by atoms with Gasteiger partial charge in [-0.3, -0.25) is 9.97 Å². The Hall–Kier alpha value is -1.70. The molecule has 0 aliphatic rings. The second kappa shape index (κ2) is 12.7. The average Bonchev–Trinajstić information content (AvgIpc) is 2.64. The topological polar surface area (TPSA) is 25.8 Å². The van der Waals surface area contributed by atoms with Crippen LogP contribution in [0.3, 0.4) is 0 Å². The van der Waals surface area contributed by atoms with E-state index in [9.17, 15) is 0 Å². The lowest BCUT2D eigenvalue weighted by Gasteiger charge is -2.04. The minimum atomic E-state index is 1.21. The molecular weight excluding hydrogens is 292 g/mol. The summed E-state index contributed by atoms with van der Waals surface area (Å²) in [7, 11) is 0. The summed E-state index contributed by atoms with van der Waals surface area (Å²) in [5.41, 5.74) is 2.86. The van der Waals surface area contributed by atoms with Gasteiger partial charge in [-0.05, 0) is 61.1 Å². The van der Waals surface area contributed by atoms with Gasteiger partial charge in [0.25, 0.3) is 0 Å². The second-order valence-corrected chi connectivity index (χ2v) is 6.75. The van der Waals surface area contributed by atoms with Crippen LogP contribution < -0.4 is 0 Å². The number of hydrogen-bond donors (Lipinski definition) is 0. The van der Waals surface area contributed by atoms with Gasteiger partial charge in [0.2, 0.25) is 0 Å². The molecule has 2 heteroatoms. The van der Waals surface area contributed by atoms with Crippen molar-refractivity contribution in [2.45, 2.75) is 77.0 Å². The van der Waals surface area contributed by atoms with Crippen molar-refractivity contribution in [3.05, 3.63) is 60.2 Å². The van der Waals surface area contributed by atoms with Crippen LogP contribution in [0.1, 0.15) is 75.3 Å². The molecule has 2 aromatic heterocycles. The molecule has 0 aliphatic carbocycles. The molecule has 0 aliphatic heterocycles. The molecule has 0 saturated carbocycles. The predicted molar refractivity (Wildman–Crippen MR) is 102 cm³/mol. The van der Waals surface area contributed by atoms with E-state index in [0.717, 1.165) is 0 Å². The highest BCUT2D eigenvalue weighted by atomic mass is 14.6. The van der Waals surface area contributed by atoms with Crippen LogP contribution in [0, 0.1) is 0 Å². The second-order valence-electron chi connectivity index (χ2n) is 6.75. The molecule has 2 aromatic rings. The third kappa shape index (κ3) is 8.81. The van der Waals surface area contributed by atoms with Crippen LogP contribution in [-0.4, -0.2) is 9.97 Å². The van der Waals surface area contributed by atoms with Crippen molar-refractivity contribution in [2.75, 3.05) is 0 Å². The van der Waals surface area contributed by atoms with Gasteiger partial charge in [-0.2, -0.15) is 0 Å². The molecule has 2 heterocycles. The monoisotopic (exact) mass is 324 g/mol. The normalized spacial score (nSPS) is 10.8. The zero-order valence-electron chi connectivity index (χ0n) is 15.0. The highest BCUT2D eigenvalue weighted by molar-refractivity contribution is 5.10. The number of unbranched alkanes of at least 4 members (excludes halogenated alkanes) is 9. The van der Waals surface area contributed by atoms with Gasteiger partial charge in [0.05, 0.1) is 0 Å². The zero-order chi connectivity index (χ0) is 16.7. The van der Waals surface area contributed by atoms with Crippen LogP contribution in [0.5, 0.6) is 0 Å². The number of aryl methyl sites for hydroxylation is 2. The van der Waals surface area contributed by atoms with Gasteiger partial charge in [0, 0.05) is 24.8 Å². The Morgan fingerprint density at radius 2 is 0.708 bits per heavy atom. The van der Waals surface area contributed by atoms with Crippen molar-refractivity contribution in [3.8, 4) is 0 Å². The Bertz CT molecular complexity index is 461. The third-order valence-electron chi connectivity index (χ3n) is 4.68. The van der Waals surface area contributed by atoms with Gasteiger partial charge < -0.3 is 0 Å². The zero-order valence-corrected chi connectivity index (χ0v) is 15.0. The largest absolute Gasteiger partial charge is 0.265 e. The summed E-state index contributed by atoms with van der Waals surface area (Å²) in [6, 6.07) is 8.53. The molecule has 0 amide bonds. The fourth-order valence-electron chi connectivity index (χ4n) is 3.17. The molecule has 0 fully saturated rings. The molecule has 0 radical (unpaired) electrons. The Morgan fingerprint density at radius 1 is 0.417 bits per heavy atom. The fraction of sp³-hybridized carbons (Fsp3) is 0.545. The minimum Gasteiger partial charge on any atom is -0.265 e. The fourth-order valence-corrected chi connectivity index (χ4v) is 3.17. The molecule has 2 rings (SSSR count). The van der Waals surface area contributed by atoms with Crippen LogP contribution in [0.2, 0.25) is 0 Å². The summed E-state index contributed by atoms with van der Waals surface area (Å²) in [6.07, 6.45) is 23.8. The van der Waals surface area contributed by atoms with Crippen molar-refractivity contribution in [2.24, 2.45) is 0 Å². The lowest BCUT2D eigenvalue weighted by Crippen LogP contribution is -1.87.